The van der Waals surface area contributed by atoms with Crippen molar-refractivity contribution in [2.75, 3.05) is 36.0 Å². The van der Waals surface area contributed by atoms with Crippen LogP contribution in [0.4, 0.5) is 16.2 Å². The molecule has 1 aliphatic rings. The van der Waals surface area contributed by atoms with Gasteiger partial charge in [0.05, 0.1) is 5.56 Å². The fourth-order valence-corrected chi connectivity index (χ4v) is 3.38. The second kappa shape index (κ2) is 7.86. The summed E-state index contributed by atoms with van der Waals surface area (Å²) in [6, 6.07) is 11.7. The molecular formula is C21H18FN7O. The number of pyridine rings is 1. The Morgan fingerprint density at radius 2 is 1.63 bits per heavy atom. The van der Waals surface area contributed by atoms with Gasteiger partial charge in [-0.05, 0) is 30.3 Å². The van der Waals surface area contributed by atoms with Crippen molar-refractivity contribution in [1.82, 2.24) is 25.1 Å². The van der Waals surface area contributed by atoms with Crippen LogP contribution in [0.5, 0.6) is 0 Å². The van der Waals surface area contributed by atoms with E-state index in [1.54, 1.807) is 30.7 Å². The Morgan fingerprint density at radius 3 is 2.37 bits per heavy atom. The Morgan fingerprint density at radius 1 is 0.833 bits per heavy atom. The average Bonchev–Trinajstić information content (AvgIpc) is 3.30. The fourth-order valence-electron chi connectivity index (χ4n) is 3.38. The highest BCUT2D eigenvalue weighted by Gasteiger charge is 2.20. The molecule has 1 aliphatic heterocycles. The Balaban J connectivity index is 1.26. The van der Waals surface area contributed by atoms with Crippen LogP contribution in [0.3, 0.4) is 0 Å². The highest BCUT2D eigenvalue weighted by Crippen LogP contribution is 2.24. The van der Waals surface area contributed by atoms with Crippen molar-refractivity contribution in [2.45, 2.75) is 0 Å². The zero-order valence-electron chi connectivity index (χ0n) is 16.0. The Kier molecular flexibility index (Phi) is 4.76. The van der Waals surface area contributed by atoms with Crippen molar-refractivity contribution in [3.63, 3.8) is 0 Å². The molecule has 3 aromatic heterocycles. The van der Waals surface area contributed by atoms with Crippen LogP contribution in [0, 0.1) is 5.82 Å². The van der Waals surface area contributed by atoms with Gasteiger partial charge >= 0.3 is 0 Å². The summed E-state index contributed by atoms with van der Waals surface area (Å²) >= 11 is 0. The van der Waals surface area contributed by atoms with Gasteiger partial charge in [-0.3, -0.25) is 0 Å². The van der Waals surface area contributed by atoms with E-state index in [0.717, 1.165) is 37.9 Å². The quantitative estimate of drug-likeness (QED) is 0.514. The lowest BCUT2D eigenvalue weighted by Gasteiger charge is -2.35. The minimum absolute atomic E-state index is 0.341. The number of rotatable bonds is 4. The zero-order valence-corrected chi connectivity index (χ0v) is 16.0. The molecule has 4 aromatic rings. The summed E-state index contributed by atoms with van der Waals surface area (Å²) in [4.78, 5) is 21.9. The van der Waals surface area contributed by atoms with Gasteiger partial charge < -0.3 is 14.3 Å². The SMILES string of the molecule is Fc1cccc(-c2noc(-c3ccc(N4CCN(c5ncccn5)CC4)nc3)n2)c1. The summed E-state index contributed by atoms with van der Waals surface area (Å²) in [7, 11) is 0. The van der Waals surface area contributed by atoms with Gasteiger partial charge in [0.15, 0.2) is 0 Å². The maximum atomic E-state index is 13.4. The third-order valence-electron chi connectivity index (χ3n) is 4.94. The molecule has 0 saturated carbocycles. The van der Waals surface area contributed by atoms with Gasteiger partial charge in [0, 0.05) is 50.3 Å². The van der Waals surface area contributed by atoms with Gasteiger partial charge in [0.2, 0.25) is 11.8 Å². The van der Waals surface area contributed by atoms with E-state index < -0.39 is 0 Å². The monoisotopic (exact) mass is 403 g/mol. The van der Waals surface area contributed by atoms with Crippen molar-refractivity contribution in [3.05, 3.63) is 66.9 Å². The summed E-state index contributed by atoms with van der Waals surface area (Å²) in [5.74, 6) is 1.99. The lowest BCUT2D eigenvalue weighted by atomic mass is 10.2. The second-order valence-corrected chi connectivity index (χ2v) is 6.86. The predicted molar refractivity (Wildman–Crippen MR) is 109 cm³/mol. The lowest BCUT2D eigenvalue weighted by Crippen LogP contribution is -2.47. The van der Waals surface area contributed by atoms with E-state index in [1.807, 2.05) is 18.2 Å². The van der Waals surface area contributed by atoms with Gasteiger partial charge in [0.1, 0.15) is 11.6 Å². The first kappa shape index (κ1) is 18.2. The number of nitrogens with zero attached hydrogens (tertiary/aromatic N) is 7. The summed E-state index contributed by atoms with van der Waals surface area (Å²) in [5, 5.41) is 3.95. The van der Waals surface area contributed by atoms with Gasteiger partial charge in [-0.1, -0.05) is 17.3 Å². The molecule has 1 fully saturated rings. The topological polar surface area (TPSA) is 84.1 Å². The van der Waals surface area contributed by atoms with E-state index in [4.69, 9.17) is 4.52 Å². The highest BCUT2D eigenvalue weighted by atomic mass is 19.1. The van der Waals surface area contributed by atoms with E-state index >= 15 is 0 Å². The number of hydrogen-bond donors (Lipinski definition) is 0. The summed E-state index contributed by atoms with van der Waals surface area (Å²) in [6.07, 6.45) is 5.23. The summed E-state index contributed by atoms with van der Waals surface area (Å²) in [6.45, 7) is 3.31. The van der Waals surface area contributed by atoms with E-state index in [0.29, 0.717) is 22.8 Å². The van der Waals surface area contributed by atoms with Crippen LogP contribution in [0.25, 0.3) is 22.8 Å². The molecule has 0 radical (unpaired) electrons. The van der Waals surface area contributed by atoms with Gasteiger partial charge in [0.25, 0.3) is 5.89 Å². The molecule has 0 N–H and O–H groups in total. The first-order chi connectivity index (χ1) is 14.8. The van der Waals surface area contributed by atoms with Crippen molar-refractivity contribution in [3.8, 4) is 22.8 Å². The molecule has 0 bridgehead atoms. The number of anilines is 2. The molecule has 0 spiro atoms. The maximum Gasteiger partial charge on any atom is 0.259 e. The molecule has 0 amide bonds. The number of halogens is 1. The van der Waals surface area contributed by atoms with Crippen molar-refractivity contribution < 1.29 is 8.91 Å². The minimum atomic E-state index is -0.344. The molecule has 0 unspecified atom stereocenters. The normalized spacial score (nSPS) is 14.2. The Labute approximate surface area is 172 Å². The summed E-state index contributed by atoms with van der Waals surface area (Å²) in [5.41, 5.74) is 1.28. The molecule has 1 saturated heterocycles. The van der Waals surface area contributed by atoms with Crippen molar-refractivity contribution >= 4 is 11.8 Å². The Bertz CT molecular complexity index is 1130. The predicted octanol–water partition coefficient (Wildman–Crippen LogP) is 3.05. The molecule has 0 atom stereocenters. The number of piperazine rings is 1. The van der Waals surface area contributed by atoms with Crippen molar-refractivity contribution in [2.24, 2.45) is 0 Å². The number of benzene rings is 1. The molecule has 5 rings (SSSR count). The minimum Gasteiger partial charge on any atom is -0.353 e. The number of aromatic nitrogens is 5. The van der Waals surface area contributed by atoms with Gasteiger partial charge in [-0.25, -0.2) is 19.3 Å². The van der Waals surface area contributed by atoms with E-state index in [-0.39, 0.29) is 5.82 Å². The van der Waals surface area contributed by atoms with Crippen LogP contribution in [0.15, 0.2) is 65.6 Å². The molecule has 9 heteroatoms. The first-order valence-corrected chi connectivity index (χ1v) is 9.59. The van der Waals surface area contributed by atoms with Crippen LogP contribution in [-0.4, -0.2) is 51.3 Å². The van der Waals surface area contributed by atoms with E-state index in [2.05, 4.69) is 34.9 Å². The average molecular weight is 403 g/mol. The van der Waals surface area contributed by atoms with Gasteiger partial charge in [-0.15, -0.1) is 0 Å². The largest absolute Gasteiger partial charge is 0.353 e. The highest BCUT2D eigenvalue weighted by molar-refractivity contribution is 5.60. The van der Waals surface area contributed by atoms with Crippen molar-refractivity contribution in [1.29, 1.82) is 0 Å². The second-order valence-electron chi connectivity index (χ2n) is 6.86. The van der Waals surface area contributed by atoms with Crippen LogP contribution in [-0.2, 0) is 0 Å². The smallest absolute Gasteiger partial charge is 0.259 e. The third kappa shape index (κ3) is 3.69. The van der Waals surface area contributed by atoms with Crippen LogP contribution in [0.2, 0.25) is 0 Å². The standard InChI is InChI=1S/C21H18FN7O/c22-17-4-1-3-15(13-17)19-26-20(30-27-19)16-5-6-18(25-14-16)28-9-11-29(12-10-28)21-23-7-2-8-24-21/h1-8,13-14H,9-12H2. The maximum absolute atomic E-state index is 13.4. The van der Waals surface area contributed by atoms with Crippen LogP contribution in [0.1, 0.15) is 0 Å². The molecule has 1 aromatic carbocycles. The fraction of sp³-hybridized carbons (Fsp3) is 0.190. The molecule has 30 heavy (non-hydrogen) atoms. The van der Waals surface area contributed by atoms with E-state index in [9.17, 15) is 4.39 Å². The summed E-state index contributed by atoms with van der Waals surface area (Å²) < 4.78 is 18.7. The lowest BCUT2D eigenvalue weighted by molar-refractivity contribution is 0.432. The first-order valence-electron chi connectivity index (χ1n) is 9.59. The molecule has 4 heterocycles. The third-order valence-corrected chi connectivity index (χ3v) is 4.94. The van der Waals surface area contributed by atoms with Crippen LogP contribution < -0.4 is 9.80 Å². The molecule has 0 aliphatic carbocycles. The molecule has 8 nitrogen and oxygen atoms in total. The molecular weight excluding hydrogens is 385 g/mol. The van der Waals surface area contributed by atoms with Crippen LogP contribution >= 0.6 is 0 Å². The van der Waals surface area contributed by atoms with Gasteiger partial charge in [-0.2, -0.15) is 4.98 Å². The Hall–Kier alpha value is -3.88. The van der Waals surface area contributed by atoms with E-state index in [1.165, 1.54) is 12.1 Å². The zero-order chi connectivity index (χ0) is 20.3. The number of hydrogen-bond acceptors (Lipinski definition) is 8. The molecule has 150 valence electrons.